The van der Waals surface area contributed by atoms with Crippen LogP contribution < -0.4 is 16.6 Å². The van der Waals surface area contributed by atoms with Gasteiger partial charge >= 0.3 is 5.97 Å². The Morgan fingerprint density at radius 2 is 2.10 bits per heavy atom. The number of nitrogens with two attached hydrogens (primary N) is 1. The summed E-state index contributed by atoms with van der Waals surface area (Å²) in [6.45, 7) is 4.56. The fourth-order valence-corrected chi connectivity index (χ4v) is 6.48. The molecule has 2 aliphatic heterocycles. The van der Waals surface area contributed by atoms with E-state index in [9.17, 15) is 19.5 Å². The third-order valence-corrected chi connectivity index (χ3v) is 8.64. The van der Waals surface area contributed by atoms with Crippen LogP contribution in [0.5, 0.6) is 0 Å². The highest BCUT2D eigenvalue weighted by atomic mass is 19.1. The van der Waals surface area contributed by atoms with Crippen LogP contribution in [0.3, 0.4) is 0 Å². The first-order valence-corrected chi connectivity index (χ1v) is 13.6. The summed E-state index contributed by atoms with van der Waals surface area (Å²) in [6, 6.07) is 2.67. The largest absolute Gasteiger partial charge is 0.458 e. The number of nitrogens with one attached hydrogen (secondary N) is 1. The van der Waals surface area contributed by atoms with E-state index in [0.29, 0.717) is 48.4 Å². The van der Waals surface area contributed by atoms with E-state index in [1.54, 1.807) is 24.5 Å². The summed E-state index contributed by atoms with van der Waals surface area (Å²) in [5, 5.41) is 15.2. The van der Waals surface area contributed by atoms with E-state index in [1.807, 2.05) is 11.9 Å². The average molecular weight is 550 g/mol. The molecular formula is C29H32FN5O5. The lowest BCUT2D eigenvalue weighted by atomic mass is 9.81. The molecule has 10 nitrogen and oxygen atoms in total. The standard InChI is InChI=1S/C29H32FN5O5/c1-4-29(39)18-9-22-26-16(11-35(22)27(37)17(18)13-40-28(29)38)25-20(32-23(36)12-34(3)8-7-31)6-5-15-14(2)19(30)10-21(33-26)24(15)25/h9-10,20,39H,4-8,11-13,31H2,1-3H3,(H,32,36)/t20-,29-/m0/s1. The van der Waals surface area contributed by atoms with Crippen molar-refractivity contribution in [2.24, 2.45) is 5.73 Å². The fourth-order valence-electron chi connectivity index (χ4n) is 6.48. The molecule has 1 aromatic carbocycles. The van der Waals surface area contributed by atoms with Crippen molar-refractivity contribution in [2.45, 2.75) is 57.9 Å². The number of hydrogen-bond acceptors (Lipinski definition) is 8. The predicted octanol–water partition coefficient (Wildman–Crippen LogP) is 1.52. The lowest BCUT2D eigenvalue weighted by Gasteiger charge is -2.31. The van der Waals surface area contributed by atoms with Crippen molar-refractivity contribution in [3.05, 3.63) is 61.7 Å². The molecule has 0 fully saturated rings. The molecule has 3 aliphatic rings. The Hall–Kier alpha value is -3.67. The molecule has 2 aromatic heterocycles. The molecule has 0 spiro atoms. The number of fused-ring (bicyclic) bond motifs is 5. The van der Waals surface area contributed by atoms with E-state index in [0.717, 1.165) is 22.1 Å². The van der Waals surface area contributed by atoms with Gasteiger partial charge in [-0.2, -0.15) is 0 Å². The number of aliphatic hydroxyl groups is 1. The fraction of sp³-hybridized carbons (Fsp3) is 0.448. The van der Waals surface area contributed by atoms with Crippen molar-refractivity contribution < 1.29 is 23.8 Å². The first-order valence-electron chi connectivity index (χ1n) is 13.6. The number of hydrogen-bond donors (Lipinski definition) is 3. The number of aromatic nitrogens is 2. The van der Waals surface area contributed by atoms with Gasteiger partial charge in [0.05, 0.1) is 41.6 Å². The second-order valence-corrected chi connectivity index (χ2v) is 11.0. The molecule has 4 heterocycles. The summed E-state index contributed by atoms with van der Waals surface area (Å²) >= 11 is 0. The van der Waals surface area contributed by atoms with E-state index in [-0.39, 0.29) is 60.6 Å². The van der Waals surface area contributed by atoms with Crippen LogP contribution in [0.25, 0.3) is 22.3 Å². The van der Waals surface area contributed by atoms with Crippen molar-refractivity contribution in [3.63, 3.8) is 0 Å². The molecule has 0 radical (unpaired) electrons. The molecule has 1 amide bonds. The number of rotatable bonds is 6. The Kier molecular flexibility index (Phi) is 6.28. The summed E-state index contributed by atoms with van der Waals surface area (Å²) in [5.41, 5.74) is 8.14. The molecular weight excluding hydrogens is 517 g/mol. The number of carbonyl (C=O) groups is 2. The third kappa shape index (κ3) is 3.79. The van der Waals surface area contributed by atoms with Gasteiger partial charge in [-0.05, 0) is 56.0 Å². The van der Waals surface area contributed by atoms with Crippen LogP contribution in [0, 0.1) is 12.7 Å². The SMILES string of the molecule is CC[C@@]1(O)C(=O)OCc2c1cc1n(c2=O)Cc2c-1nc1cc(F)c(C)c3c1c2[C@@H](NC(=O)CN(C)CCN)CC3. The van der Waals surface area contributed by atoms with Crippen LogP contribution >= 0.6 is 0 Å². The van der Waals surface area contributed by atoms with E-state index in [1.165, 1.54) is 6.07 Å². The molecule has 3 aromatic rings. The number of esters is 1. The van der Waals surface area contributed by atoms with Gasteiger partial charge in [-0.25, -0.2) is 14.2 Å². The minimum absolute atomic E-state index is 0.0333. The van der Waals surface area contributed by atoms with Crippen LogP contribution in [0.2, 0.25) is 0 Å². The van der Waals surface area contributed by atoms with Crippen LogP contribution in [0.4, 0.5) is 4.39 Å². The van der Waals surface area contributed by atoms with E-state index in [2.05, 4.69) is 5.32 Å². The van der Waals surface area contributed by atoms with Gasteiger partial charge in [0.25, 0.3) is 5.56 Å². The van der Waals surface area contributed by atoms with Gasteiger partial charge in [0, 0.05) is 35.7 Å². The van der Waals surface area contributed by atoms with Gasteiger partial charge in [-0.15, -0.1) is 0 Å². The number of aryl methyl sites for hydroxylation is 1. The molecule has 210 valence electrons. The van der Waals surface area contributed by atoms with Crippen LogP contribution in [-0.4, -0.2) is 58.1 Å². The third-order valence-electron chi connectivity index (χ3n) is 8.64. The maximum atomic E-state index is 15.0. The average Bonchev–Trinajstić information content (AvgIpc) is 3.29. The molecule has 1 aliphatic carbocycles. The van der Waals surface area contributed by atoms with Gasteiger partial charge in [-0.3, -0.25) is 14.5 Å². The van der Waals surface area contributed by atoms with Crippen molar-refractivity contribution >= 4 is 22.8 Å². The van der Waals surface area contributed by atoms with E-state index >= 15 is 4.39 Å². The summed E-state index contributed by atoms with van der Waals surface area (Å²) < 4.78 is 21.8. The lowest BCUT2D eigenvalue weighted by molar-refractivity contribution is -0.172. The Morgan fingerprint density at radius 1 is 1.32 bits per heavy atom. The number of pyridine rings is 2. The summed E-state index contributed by atoms with van der Waals surface area (Å²) in [5.74, 6) is -1.32. The summed E-state index contributed by atoms with van der Waals surface area (Å²) in [4.78, 5) is 45.9. The topological polar surface area (TPSA) is 140 Å². The number of cyclic esters (lactones) is 1. The van der Waals surface area contributed by atoms with Crippen LogP contribution in [-0.2, 0) is 39.5 Å². The molecule has 0 unspecified atom stereocenters. The van der Waals surface area contributed by atoms with Gasteiger partial charge in [0.15, 0.2) is 5.60 Å². The minimum Gasteiger partial charge on any atom is -0.458 e. The molecule has 0 saturated heterocycles. The first-order chi connectivity index (χ1) is 19.1. The van der Waals surface area contributed by atoms with Crippen molar-refractivity contribution in [1.29, 1.82) is 0 Å². The Labute approximate surface area is 229 Å². The highest BCUT2D eigenvalue weighted by Crippen LogP contribution is 2.45. The lowest BCUT2D eigenvalue weighted by Crippen LogP contribution is -2.44. The summed E-state index contributed by atoms with van der Waals surface area (Å²) in [6.07, 6.45) is 1.17. The maximum absolute atomic E-state index is 15.0. The van der Waals surface area contributed by atoms with E-state index in [4.69, 9.17) is 15.5 Å². The zero-order valence-corrected chi connectivity index (χ0v) is 22.8. The number of likely N-dealkylation sites (N-methyl/N-ethyl adjacent to an activating group) is 1. The summed E-state index contributed by atoms with van der Waals surface area (Å²) in [7, 11) is 1.83. The number of carbonyl (C=O) groups excluding carboxylic acids is 2. The highest BCUT2D eigenvalue weighted by molar-refractivity contribution is 5.94. The zero-order chi connectivity index (χ0) is 28.5. The van der Waals surface area contributed by atoms with Crippen molar-refractivity contribution in [2.75, 3.05) is 26.7 Å². The van der Waals surface area contributed by atoms with Crippen molar-refractivity contribution in [1.82, 2.24) is 19.8 Å². The molecule has 0 saturated carbocycles. The van der Waals surface area contributed by atoms with Crippen LogP contribution in [0.15, 0.2) is 16.9 Å². The normalized spacial score (nSPS) is 20.8. The maximum Gasteiger partial charge on any atom is 0.343 e. The molecule has 11 heteroatoms. The van der Waals surface area contributed by atoms with Gasteiger partial charge in [0.2, 0.25) is 5.91 Å². The monoisotopic (exact) mass is 549 g/mol. The highest BCUT2D eigenvalue weighted by Gasteiger charge is 2.46. The predicted molar refractivity (Wildman–Crippen MR) is 145 cm³/mol. The molecule has 2 atom stereocenters. The molecule has 6 rings (SSSR count). The Morgan fingerprint density at radius 3 is 2.83 bits per heavy atom. The molecule has 4 N–H and O–H groups in total. The van der Waals surface area contributed by atoms with E-state index < -0.39 is 11.6 Å². The Balaban J connectivity index is 1.55. The van der Waals surface area contributed by atoms with Crippen molar-refractivity contribution in [3.8, 4) is 11.4 Å². The number of nitrogens with zero attached hydrogens (tertiary/aromatic N) is 3. The second-order valence-electron chi connectivity index (χ2n) is 11.0. The smallest absolute Gasteiger partial charge is 0.343 e. The molecule has 0 bridgehead atoms. The number of benzene rings is 1. The first kappa shape index (κ1) is 26.5. The van der Waals surface area contributed by atoms with Gasteiger partial charge in [0.1, 0.15) is 12.4 Å². The van der Waals surface area contributed by atoms with Gasteiger partial charge in [-0.1, -0.05) is 6.92 Å². The molecule has 40 heavy (non-hydrogen) atoms. The zero-order valence-electron chi connectivity index (χ0n) is 22.8. The quantitative estimate of drug-likeness (QED) is 0.308. The number of ether oxygens (including phenoxy) is 1. The number of halogens is 1. The van der Waals surface area contributed by atoms with Gasteiger partial charge < -0.3 is 25.5 Å². The Bertz CT molecular complexity index is 1670. The second kappa shape index (κ2) is 9.46. The van der Waals surface area contributed by atoms with Crippen LogP contribution in [0.1, 0.15) is 59.2 Å². The minimum atomic E-state index is -1.95. The number of amides is 1.